The first kappa shape index (κ1) is 27.1. The molecule has 7 nitrogen and oxygen atoms in total. The van der Waals surface area contributed by atoms with Gasteiger partial charge in [-0.25, -0.2) is 13.1 Å². The normalized spacial score (nSPS) is 19.7. The Balaban J connectivity index is 1.61. The Labute approximate surface area is 213 Å². The number of amides is 1. The lowest BCUT2D eigenvalue weighted by molar-refractivity contribution is -0.122. The molecule has 3 unspecified atom stereocenters. The molecule has 0 saturated heterocycles. The van der Waals surface area contributed by atoms with Crippen LogP contribution in [0.1, 0.15) is 50.3 Å². The van der Waals surface area contributed by atoms with Crippen molar-refractivity contribution in [2.24, 2.45) is 23.7 Å². The molecular formula is C28H32N4O3S. The summed E-state index contributed by atoms with van der Waals surface area (Å²) < 4.78 is 28.3. The summed E-state index contributed by atoms with van der Waals surface area (Å²) in [6.45, 7) is 6.96. The number of rotatable bonds is 9. The largest absolute Gasteiger partial charge is 0.352 e. The second kappa shape index (κ2) is 12.0. The predicted molar refractivity (Wildman–Crippen MR) is 138 cm³/mol. The molecule has 0 fully saturated rings. The maximum atomic E-state index is 12.8. The molecule has 188 valence electrons. The minimum Gasteiger partial charge on any atom is -0.352 e. The van der Waals surface area contributed by atoms with Crippen LogP contribution >= 0.6 is 0 Å². The first-order valence-electron chi connectivity index (χ1n) is 12.1. The zero-order chi connectivity index (χ0) is 26.3. The van der Waals surface area contributed by atoms with Gasteiger partial charge in [0.2, 0.25) is 15.9 Å². The van der Waals surface area contributed by atoms with E-state index in [4.69, 9.17) is 10.5 Å². The highest BCUT2D eigenvalue weighted by atomic mass is 32.2. The molecule has 0 bridgehead atoms. The van der Waals surface area contributed by atoms with Crippen molar-refractivity contribution >= 4 is 15.9 Å². The zero-order valence-electron chi connectivity index (χ0n) is 20.9. The molecule has 0 aromatic heterocycles. The minimum absolute atomic E-state index is 0.0242. The smallest absolute Gasteiger partial charge is 0.240 e. The van der Waals surface area contributed by atoms with Gasteiger partial charge >= 0.3 is 0 Å². The van der Waals surface area contributed by atoms with E-state index >= 15 is 0 Å². The molecule has 36 heavy (non-hydrogen) atoms. The summed E-state index contributed by atoms with van der Waals surface area (Å²) in [5, 5.41) is 20.8. The molecule has 0 spiro atoms. The summed E-state index contributed by atoms with van der Waals surface area (Å²) in [5.41, 5.74) is 3.03. The Morgan fingerprint density at radius 1 is 1.03 bits per heavy atom. The van der Waals surface area contributed by atoms with Gasteiger partial charge in [0.1, 0.15) is 0 Å². The van der Waals surface area contributed by atoms with Gasteiger partial charge in [0.05, 0.1) is 28.2 Å². The van der Waals surface area contributed by atoms with Crippen molar-refractivity contribution in [2.75, 3.05) is 6.54 Å². The van der Waals surface area contributed by atoms with Crippen molar-refractivity contribution in [3.63, 3.8) is 0 Å². The summed E-state index contributed by atoms with van der Waals surface area (Å²) in [6, 6.07) is 17.1. The molecule has 1 amide bonds. The van der Waals surface area contributed by atoms with Gasteiger partial charge < -0.3 is 5.32 Å². The first-order valence-corrected chi connectivity index (χ1v) is 13.5. The molecule has 0 aliphatic heterocycles. The molecule has 8 heteroatoms. The third-order valence-electron chi connectivity index (χ3n) is 6.89. The maximum absolute atomic E-state index is 12.8. The third kappa shape index (κ3) is 7.04. The molecule has 1 aliphatic rings. The second-order valence-electron chi connectivity index (χ2n) is 9.69. The fourth-order valence-corrected chi connectivity index (χ4v) is 5.77. The molecule has 3 rings (SSSR count). The second-order valence-corrected chi connectivity index (χ2v) is 11.5. The van der Waals surface area contributed by atoms with Crippen LogP contribution in [0.4, 0.5) is 0 Å². The van der Waals surface area contributed by atoms with Crippen LogP contribution in [0.25, 0.3) is 0 Å². The number of allylic oxidation sites excluding steroid dienone is 1. The average Bonchev–Trinajstić information content (AvgIpc) is 2.87. The molecule has 3 atom stereocenters. The molecule has 0 heterocycles. The number of nitrogens with zero attached hydrogens (tertiary/aromatic N) is 2. The topological polar surface area (TPSA) is 123 Å². The lowest BCUT2D eigenvalue weighted by Gasteiger charge is -2.37. The number of benzene rings is 2. The van der Waals surface area contributed by atoms with Crippen molar-refractivity contribution in [2.45, 2.75) is 45.1 Å². The molecule has 2 N–H and O–H groups in total. The summed E-state index contributed by atoms with van der Waals surface area (Å²) in [6.07, 6.45) is 3.31. The first-order chi connectivity index (χ1) is 17.1. The third-order valence-corrected chi connectivity index (χ3v) is 8.33. The van der Waals surface area contributed by atoms with Gasteiger partial charge in [-0.2, -0.15) is 10.5 Å². The molecule has 2 aromatic carbocycles. The van der Waals surface area contributed by atoms with Crippen LogP contribution in [0.3, 0.4) is 0 Å². The van der Waals surface area contributed by atoms with Crippen molar-refractivity contribution in [1.82, 2.24) is 10.0 Å². The van der Waals surface area contributed by atoms with Gasteiger partial charge in [-0.1, -0.05) is 37.6 Å². The van der Waals surface area contributed by atoms with E-state index in [0.717, 1.165) is 17.6 Å². The quantitative estimate of drug-likeness (QED) is 0.494. The Morgan fingerprint density at radius 3 is 2.17 bits per heavy atom. The SMILES string of the molecule is CC1=CC(CNS(=O)(=O)c2ccc(C#N)cc2)C(C(C)C)CC1CC(=O)NCc1ccc(C#N)cc1. The summed E-state index contributed by atoms with van der Waals surface area (Å²) >= 11 is 0. The Kier molecular flexibility index (Phi) is 9.03. The fraction of sp³-hybridized carbons (Fsp3) is 0.393. The zero-order valence-corrected chi connectivity index (χ0v) is 21.7. The van der Waals surface area contributed by atoms with E-state index in [-0.39, 0.29) is 35.1 Å². The number of hydrogen-bond acceptors (Lipinski definition) is 5. The minimum atomic E-state index is -3.69. The van der Waals surface area contributed by atoms with Gasteiger partial charge in [-0.15, -0.1) is 0 Å². The predicted octanol–water partition coefficient (Wildman–Crippen LogP) is 4.27. The summed E-state index contributed by atoms with van der Waals surface area (Å²) in [5.74, 6) is 0.650. The monoisotopic (exact) mass is 504 g/mol. The van der Waals surface area contributed by atoms with Gasteiger partial charge in [-0.05, 0) is 79.0 Å². The summed E-state index contributed by atoms with van der Waals surface area (Å²) in [7, 11) is -3.69. The van der Waals surface area contributed by atoms with Gasteiger partial charge in [0, 0.05) is 19.5 Å². The number of carbonyl (C=O) groups is 1. The van der Waals surface area contributed by atoms with Crippen LogP contribution in [0.2, 0.25) is 0 Å². The van der Waals surface area contributed by atoms with E-state index in [9.17, 15) is 13.2 Å². The van der Waals surface area contributed by atoms with Crippen LogP contribution in [-0.2, 0) is 21.4 Å². The number of carbonyl (C=O) groups excluding carboxylic acids is 1. The number of nitriles is 2. The Bertz CT molecular complexity index is 1280. The van der Waals surface area contributed by atoms with Crippen molar-refractivity contribution in [3.8, 4) is 12.1 Å². The van der Waals surface area contributed by atoms with E-state index in [0.29, 0.717) is 30.0 Å². The standard InChI is InChI=1S/C28H32N4O3S/c1-19(2)27-13-24(14-28(33)31-17-23-6-4-21(15-29)5-7-23)20(3)12-25(27)18-32-36(34,35)26-10-8-22(16-30)9-11-26/h4-12,19,24-25,27,32H,13-14,17-18H2,1-3H3,(H,31,33). The lowest BCUT2D eigenvalue weighted by Crippen LogP contribution is -2.37. The molecular weight excluding hydrogens is 472 g/mol. The van der Waals surface area contributed by atoms with Crippen molar-refractivity contribution in [1.29, 1.82) is 10.5 Å². The van der Waals surface area contributed by atoms with Crippen LogP contribution in [0.15, 0.2) is 65.1 Å². The van der Waals surface area contributed by atoms with E-state index in [2.05, 4.69) is 36.0 Å². The highest BCUT2D eigenvalue weighted by Crippen LogP contribution is 2.38. The van der Waals surface area contributed by atoms with Gasteiger partial charge in [0.15, 0.2) is 0 Å². The van der Waals surface area contributed by atoms with Crippen LogP contribution in [0, 0.1) is 46.3 Å². The molecule has 2 aromatic rings. The fourth-order valence-electron chi connectivity index (χ4n) is 4.70. The molecule has 1 aliphatic carbocycles. The lowest BCUT2D eigenvalue weighted by atomic mass is 9.70. The highest BCUT2D eigenvalue weighted by molar-refractivity contribution is 7.89. The van der Waals surface area contributed by atoms with E-state index in [1.54, 1.807) is 12.1 Å². The molecule has 0 radical (unpaired) electrons. The van der Waals surface area contributed by atoms with Crippen LogP contribution in [0.5, 0.6) is 0 Å². The molecule has 0 saturated carbocycles. The van der Waals surface area contributed by atoms with Crippen LogP contribution in [-0.4, -0.2) is 20.9 Å². The van der Waals surface area contributed by atoms with Crippen molar-refractivity contribution < 1.29 is 13.2 Å². The van der Waals surface area contributed by atoms with Crippen molar-refractivity contribution in [3.05, 3.63) is 76.9 Å². The number of nitrogens with one attached hydrogen (secondary N) is 2. The summed E-state index contributed by atoms with van der Waals surface area (Å²) in [4.78, 5) is 12.8. The Morgan fingerprint density at radius 2 is 1.61 bits per heavy atom. The van der Waals surface area contributed by atoms with E-state index in [1.165, 1.54) is 24.3 Å². The highest BCUT2D eigenvalue weighted by Gasteiger charge is 2.33. The van der Waals surface area contributed by atoms with E-state index < -0.39 is 10.0 Å². The number of hydrogen-bond donors (Lipinski definition) is 2. The van der Waals surface area contributed by atoms with Crippen LogP contribution < -0.4 is 10.0 Å². The van der Waals surface area contributed by atoms with Gasteiger partial charge in [0.25, 0.3) is 0 Å². The maximum Gasteiger partial charge on any atom is 0.240 e. The average molecular weight is 505 g/mol. The Hall–Kier alpha value is -3.46. The van der Waals surface area contributed by atoms with Gasteiger partial charge in [-0.3, -0.25) is 4.79 Å². The number of sulfonamides is 1. The van der Waals surface area contributed by atoms with E-state index in [1.807, 2.05) is 25.1 Å².